The van der Waals surface area contributed by atoms with E-state index in [0.29, 0.717) is 6.54 Å². The molecule has 0 spiro atoms. The Bertz CT molecular complexity index is 1530. The largest absolute Gasteiger partial charge is 0.437 e. The van der Waals surface area contributed by atoms with Crippen molar-refractivity contribution in [2.45, 2.75) is 51.4 Å². The average Bonchev–Trinajstić information content (AvgIpc) is 3.44. The fraction of sp³-hybridized carbons (Fsp3) is 0.435. The predicted octanol–water partition coefficient (Wildman–Crippen LogP) is 0.374. The van der Waals surface area contributed by atoms with Gasteiger partial charge in [-0.25, -0.2) is 24.3 Å². The predicted molar refractivity (Wildman–Crippen MR) is 143 cm³/mol. The lowest BCUT2D eigenvalue weighted by Crippen LogP contribution is -2.55. The van der Waals surface area contributed by atoms with E-state index in [4.69, 9.17) is 4.74 Å². The fourth-order valence-corrected chi connectivity index (χ4v) is 5.35. The highest BCUT2D eigenvalue weighted by atomic mass is 32.2. The first kappa shape index (κ1) is 29.2. The first-order valence-corrected chi connectivity index (χ1v) is 13.7. The second kappa shape index (κ2) is 11.0. The number of rotatable bonds is 8. The molecule has 3 amide bonds. The molecular formula is C23H31N8O8S+. The molecule has 3 heterocycles. The molecule has 216 valence electrons. The number of aromatic nitrogens is 4. The number of urea groups is 1. The molecule has 0 aliphatic carbocycles. The molecule has 3 aromatic rings. The number of amides is 3. The number of likely N-dealkylation sites (N-methyl/N-ethyl adjacent to an activating group) is 1. The molecule has 6 N–H and O–H groups in total. The molecule has 5 atom stereocenters. The van der Waals surface area contributed by atoms with Crippen molar-refractivity contribution in [3.63, 3.8) is 0 Å². The molecule has 1 unspecified atom stereocenters. The maximum absolute atomic E-state index is 13.0. The molecular weight excluding hydrogens is 548 g/mol. The van der Waals surface area contributed by atoms with Crippen LogP contribution in [0.5, 0.6) is 0 Å². The average molecular weight is 580 g/mol. The molecule has 0 saturated carbocycles. The Morgan fingerprint density at radius 2 is 1.82 bits per heavy atom. The number of hydrogen-bond donors (Lipinski definition) is 6. The van der Waals surface area contributed by atoms with Gasteiger partial charge in [-0.05, 0) is 26.8 Å². The first-order valence-electron chi connectivity index (χ1n) is 12.3. The lowest BCUT2D eigenvalue weighted by molar-refractivity contribution is -0.137. The molecule has 17 heteroatoms. The van der Waals surface area contributed by atoms with Crippen molar-refractivity contribution in [1.29, 1.82) is 0 Å². The van der Waals surface area contributed by atoms with Crippen molar-refractivity contribution in [3.8, 4) is 0 Å². The summed E-state index contributed by atoms with van der Waals surface area (Å²) in [6.07, 6.45) is -3.11. The van der Waals surface area contributed by atoms with Crippen LogP contribution in [0.25, 0.3) is 11.2 Å². The second-order valence-electron chi connectivity index (χ2n) is 9.50. The van der Waals surface area contributed by atoms with E-state index < -0.39 is 56.7 Å². The summed E-state index contributed by atoms with van der Waals surface area (Å²) in [5.74, 6) is -0.612. The Balaban J connectivity index is 1.60. The SMILES string of the molecule is CCNC(=O)[C@H]1O[C@@H](n2cnc3c(NC(=O)Nc4ccccc4[N+](C)(C(C)C)S(=O)(=O)O)ncnc32)[C@H](O)[C@@H]1O. The number of benzene rings is 1. The highest BCUT2D eigenvalue weighted by Gasteiger charge is 2.48. The number of nitrogens with zero attached hydrogens (tertiary/aromatic N) is 5. The van der Waals surface area contributed by atoms with Gasteiger partial charge in [-0.3, -0.25) is 14.7 Å². The zero-order valence-corrected chi connectivity index (χ0v) is 22.9. The topological polar surface area (TPSA) is 218 Å². The molecule has 1 aliphatic rings. The fourth-order valence-electron chi connectivity index (χ4n) is 4.41. The third kappa shape index (κ3) is 5.09. The number of imidazole rings is 1. The van der Waals surface area contributed by atoms with Crippen molar-refractivity contribution in [2.75, 3.05) is 24.2 Å². The molecule has 40 heavy (non-hydrogen) atoms. The lowest BCUT2D eigenvalue weighted by atomic mass is 10.1. The number of para-hydroxylation sites is 2. The number of carbonyl (C=O) groups excluding carboxylic acids is 2. The Morgan fingerprint density at radius 1 is 1.12 bits per heavy atom. The van der Waals surface area contributed by atoms with Gasteiger partial charge in [0, 0.05) is 12.6 Å². The summed E-state index contributed by atoms with van der Waals surface area (Å²) in [7, 11) is -3.32. The van der Waals surface area contributed by atoms with Crippen molar-refractivity contribution in [2.24, 2.45) is 0 Å². The van der Waals surface area contributed by atoms with Crippen molar-refractivity contribution < 1.29 is 37.5 Å². The molecule has 1 fully saturated rings. The monoisotopic (exact) mass is 579 g/mol. The van der Waals surface area contributed by atoms with Gasteiger partial charge in [0.1, 0.15) is 30.3 Å². The third-order valence-corrected chi connectivity index (χ3v) is 8.38. The minimum atomic E-state index is -4.63. The smallest absolute Gasteiger partial charge is 0.387 e. The Morgan fingerprint density at radius 3 is 2.48 bits per heavy atom. The van der Waals surface area contributed by atoms with Crippen molar-refractivity contribution in [1.82, 2.24) is 28.7 Å². The van der Waals surface area contributed by atoms with Gasteiger partial charge in [0.15, 0.2) is 35.0 Å². The number of ether oxygens (including phenoxy) is 1. The number of hydrogen-bond acceptors (Lipinski definition) is 10. The summed E-state index contributed by atoms with van der Waals surface area (Å²) >= 11 is 0. The van der Waals surface area contributed by atoms with Crippen LogP contribution in [0, 0.1) is 0 Å². The van der Waals surface area contributed by atoms with Crippen LogP contribution in [0.15, 0.2) is 36.9 Å². The number of quaternary nitrogens is 1. The quantitative estimate of drug-likeness (QED) is 0.158. The lowest BCUT2D eigenvalue weighted by Gasteiger charge is -2.34. The Kier molecular flexibility index (Phi) is 8.06. The van der Waals surface area contributed by atoms with Crippen LogP contribution >= 0.6 is 0 Å². The van der Waals surface area contributed by atoms with E-state index in [9.17, 15) is 32.8 Å². The van der Waals surface area contributed by atoms with Crippen LogP contribution in [0.2, 0.25) is 0 Å². The molecule has 1 aliphatic heterocycles. The normalized spacial score (nSPS) is 22.7. The van der Waals surface area contributed by atoms with Gasteiger partial charge in [0.2, 0.25) is 0 Å². The Hall–Kier alpha value is -3.74. The minimum Gasteiger partial charge on any atom is -0.387 e. The summed E-state index contributed by atoms with van der Waals surface area (Å²) in [6.45, 7) is 5.23. The number of fused-ring (bicyclic) bond motifs is 1. The second-order valence-corrected chi connectivity index (χ2v) is 11.2. The maximum atomic E-state index is 13.0. The van der Waals surface area contributed by atoms with Gasteiger partial charge in [-0.1, -0.05) is 12.1 Å². The van der Waals surface area contributed by atoms with Gasteiger partial charge >= 0.3 is 16.3 Å². The van der Waals surface area contributed by atoms with Crippen LogP contribution < -0.4 is 19.8 Å². The van der Waals surface area contributed by atoms with E-state index in [0.717, 1.165) is 6.33 Å². The zero-order valence-electron chi connectivity index (χ0n) is 22.1. The first-order chi connectivity index (χ1) is 18.8. The van der Waals surface area contributed by atoms with Gasteiger partial charge in [-0.15, -0.1) is 8.42 Å². The standard InChI is InChI=1S/C23H30N8O8S/c1-5-24-21(34)18-16(32)17(33)22(39-18)30-11-27-15-19(25-10-26-20(15)30)29-23(35)28-13-8-6-7-9-14(13)31(4,12(2)3)40(36,37)38/h6-12,16-18,22,32-33H,5H2,1-4H3,(H3-,24,25,26,28,29,34,35,36,37,38)/p+1/t16-,17+,18-,22+,31?/m0/s1. The summed E-state index contributed by atoms with van der Waals surface area (Å²) in [5.41, 5.74) is 0.490. The number of nitrogens with one attached hydrogen (secondary N) is 3. The number of aliphatic hydroxyl groups is 2. The number of aliphatic hydroxyl groups excluding tert-OH is 2. The highest BCUT2D eigenvalue weighted by molar-refractivity contribution is 7.85. The summed E-state index contributed by atoms with van der Waals surface area (Å²) in [4.78, 5) is 37.6. The van der Waals surface area contributed by atoms with Gasteiger partial charge in [0.05, 0.1) is 13.4 Å². The van der Waals surface area contributed by atoms with E-state index in [1.54, 1.807) is 32.9 Å². The highest BCUT2D eigenvalue weighted by Crippen LogP contribution is 2.36. The molecule has 0 radical (unpaired) electrons. The van der Waals surface area contributed by atoms with E-state index >= 15 is 0 Å². The summed E-state index contributed by atoms with van der Waals surface area (Å²) < 4.78 is 40.7. The van der Waals surface area contributed by atoms with E-state index in [1.165, 1.54) is 30.1 Å². The third-order valence-electron chi connectivity index (χ3n) is 6.81. The maximum Gasteiger partial charge on any atom is 0.437 e. The van der Waals surface area contributed by atoms with E-state index in [2.05, 4.69) is 30.9 Å². The molecule has 1 aromatic carbocycles. The van der Waals surface area contributed by atoms with Gasteiger partial charge < -0.3 is 25.6 Å². The van der Waals surface area contributed by atoms with Crippen LogP contribution in [0.3, 0.4) is 0 Å². The summed E-state index contributed by atoms with van der Waals surface area (Å²) in [6, 6.07) is 4.73. The van der Waals surface area contributed by atoms with Gasteiger partial charge in [0.25, 0.3) is 5.91 Å². The van der Waals surface area contributed by atoms with E-state index in [1.807, 2.05) is 0 Å². The van der Waals surface area contributed by atoms with Crippen molar-refractivity contribution >= 4 is 50.6 Å². The van der Waals surface area contributed by atoms with Crippen LogP contribution in [0.4, 0.5) is 22.0 Å². The Labute approximate surface area is 229 Å². The minimum absolute atomic E-state index is 0.0251. The van der Waals surface area contributed by atoms with Gasteiger partial charge in [-0.2, -0.15) is 3.89 Å². The zero-order chi connectivity index (χ0) is 29.4. The van der Waals surface area contributed by atoms with Crippen LogP contribution in [-0.4, -0.2) is 92.6 Å². The molecule has 1 saturated heterocycles. The molecule has 0 bridgehead atoms. The van der Waals surface area contributed by atoms with Crippen LogP contribution in [-0.2, 0) is 19.8 Å². The number of carbonyl (C=O) groups is 2. The molecule has 2 aromatic heterocycles. The molecule has 4 rings (SSSR count). The molecule has 16 nitrogen and oxygen atoms in total. The van der Waals surface area contributed by atoms with E-state index in [-0.39, 0.29) is 28.4 Å². The van der Waals surface area contributed by atoms with Crippen molar-refractivity contribution in [3.05, 3.63) is 36.9 Å². The number of anilines is 2. The van der Waals surface area contributed by atoms with Crippen LogP contribution in [0.1, 0.15) is 27.0 Å². The summed E-state index contributed by atoms with van der Waals surface area (Å²) in [5, 5.41) is 28.6.